The van der Waals surface area contributed by atoms with Crippen LogP contribution < -0.4 is 0 Å². The minimum Gasteiger partial charge on any atom is -0.258 e. The number of nitro benzene ring substituents is 1. The molecular formula is C9H7ClN2O6S2. The zero-order valence-corrected chi connectivity index (χ0v) is 12.1. The van der Waals surface area contributed by atoms with Gasteiger partial charge < -0.3 is 0 Å². The second-order valence-electron chi connectivity index (χ2n) is 3.61. The van der Waals surface area contributed by atoms with Crippen molar-refractivity contribution >= 4 is 35.3 Å². The number of nitrogens with zero attached hydrogens (tertiary/aromatic N) is 2. The van der Waals surface area contributed by atoms with Gasteiger partial charge in [0.1, 0.15) is 11.6 Å². The molecule has 108 valence electrons. The zero-order chi connectivity index (χ0) is 15.6. The van der Waals surface area contributed by atoms with Gasteiger partial charge in [-0.15, -0.1) is 0 Å². The molecule has 0 unspecified atom stereocenters. The third kappa shape index (κ3) is 4.16. The predicted octanol–water partition coefficient (Wildman–Crippen LogP) is 0.809. The Labute approximate surface area is 119 Å². The van der Waals surface area contributed by atoms with Gasteiger partial charge in [0, 0.05) is 16.7 Å². The van der Waals surface area contributed by atoms with E-state index in [0.717, 1.165) is 18.2 Å². The summed E-state index contributed by atoms with van der Waals surface area (Å²) in [6.07, 6.45) is 0. The molecule has 0 amide bonds. The fourth-order valence-corrected chi connectivity index (χ4v) is 4.32. The first kappa shape index (κ1) is 16.4. The van der Waals surface area contributed by atoms with Gasteiger partial charge in [0.25, 0.3) is 5.69 Å². The van der Waals surface area contributed by atoms with Gasteiger partial charge >= 0.3 is 0 Å². The van der Waals surface area contributed by atoms with Gasteiger partial charge in [0.15, 0.2) is 9.84 Å². The second kappa shape index (κ2) is 5.74. The van der Waals surface area contributed by atoms with E-state index >= 15 is 0 Å². The first-order valence-corrected chi connectivity index (χ1v) is 9.03. The largest absolute Gasteiger partial charge is 0.288 e. The summed E-state index contributed by atoms with van der Waals surface area (Å²) < 4.78 is 45.1. The Morgan fingerprint density at radius 3 is 2.30 bits per heavy atom. The van der Waals surface area contributed by atoms with Crippen LogP contribution in [0.5, 0.6) is 0 Å². The molecule has 1 rings (SSSR count). The number of halogens is 1. The number of hydrogen-bond donors (Lipinski definition) is 0. The Bertz CT molecular complexity index is 794. The molecule has 0 fully saturated rings. The van der Waals surface area contributed by atoms with E-state index in [1.807, 2.05) is 0 Å². The Hall–Kier alpha value is -1.70. The van der Waals surface area contributed by atoms with Gasteiger partial charge in [-0.1, -0.05) is 0 Å². The van der Waals surface area contributed by atoms with Crippen LogP contribution in [0.25, 0.3) is 0 Å². The van der Waals surface area contributed by atoms with Crippen LogP contribution in [-0.4, -0.2) is 33.3 Å². The normalized spacial score (nSPS) is 11.8. The summed E-state index contributed by atoms with van der Waals surface area (Å²) in [5.74, 6) is -1.62. The van der Waals surface area contributed by atoms with E-state index in [-0.39, 0.29) is 5.56 Å². The number of nitro groups is 1. The molecule has 0 radical (unpaired) electrons. The molecular weight excluding hydrogens is 332 g/mol. The van der Waals surface area contributed by atoms with Gasteiger partial charge in [0.05, 0.1) is 21.3 Å². The van der Waals surface area contributed by atoms with Crippen molar-refractivity contribution in [2.75, 3.05) is 11.5 Å². The van der Waals surface area contributed by atoms with Gasteiger partial charge in [-0.2, -0.15) is 5.26 Å². The van der Waals surface area contributed by atoms with Crippen LogP contribution in [-0.2, 0) is 18.9 Å². The highest BCUT2D eigenvalue weighted by Gasteiger charge is 2.23. The van der Waals surface area contributed by atoms with E-state index in [1.54, 1.807) is 6.07 Å². The summed E-state index contributed by atoms with van der Waals surface area (Å²) >= 11 is 0. The van der Waals surface area contributed by atoms with E-state index in [0.29, 0.717) is 0 Å². The van der Waals surface area contributed by atoms with E-state index in [9.17, 15) is 26.9 Å². The van der Waals surface area contributed by atoms with Crippen LogP contribution in [0, 0.1) is 21.4 Å². The fourth-order valence-electron chi connectivity index (χ4n) is 1.28. The highest BCUT2D eigenvalue weighted by Crippen LogP contribution is 2.23. The lowest BCUT2D eigenvalue weighted by molar-refractivity contribution is -0.385. The maximum atomic E-state index is 11.8. The Morgan fingerprint density at radius 2 is 1.85 bits per heavy atom. The lowest BCUT2D eigenvalue weighted by Gasteiger charge is -2.03. The highest BCUT2D eigenvalue weighted by molar-refractivity contribution is 8.14. The van der Waals surface area contributed by atoms with Crippen LogP contribution in [0.15, 0.2) is 23.1 Å². The molecule has 1 aromatic carbocycles. The van der Waals surface area contributed by atoms with Crippen molar-refractivity contribution in [1.82, 2.24) is 0 Å². The lowest BCUT2D eigenvalue weighted by atomic mass is 10.2. The maximum absolute atomic E-state index is 11.8. The Kier molecular flexibility index (Phi) is 4.69. The summed E-state index contributed by atoms with van der Waals surface area (Å²) in [5, 5.41) is 19.4. The zero-order valence-electron chi connectivity index (χ0n) is 9.68. The summed E-state index contributed by atoms with van der Waals surface area (Å²) in [6.45, 7) is 0. The van der Waals surface area contributed by atoms with E-state index < -0.39 is 45.9 Å². The van der Waals surface area contributed by atoms with E-state index in [2.05, 4.69) is 0 Å². The number of hydrogen-bond acceptors (Lipinski definition) is 7. The molecule has 0 heterocycles. The standard InChI is InChI=1S/C9H7ClN2O6S2/c10-20(17,18)4-3-19(15,16)8-2-1-7(6-11)9(5-8)12(13)14/h1-2,5H,3-4H2. The molecule has 11 heteroatoms. The van der Waals surface area contributed by atoms with Gasteiger partial charge in [-0.05, 0) is 12.1 Å². The van der Waals surface area contributed by atoms with Crippen LogP contribution in [0.3, 0.4) is 0 Å². The highest BCUT2D eigenvalue weighted by atomic mass is 35.7. The van der Waals surface area contributed by atoms with Crippen LogP contribution in [0.1, 0.15) is 5.56 Å². The molecule has 0 bridgehead atoms. The van der Waals surface area contributed by atoms with Crippen molar-refractivity contribution in [1.29, 1.82) is 5.26 Å². The van der Waals surface area contributed by atoms with E-state index in [4.69, 9.17) is 15.9 Å². The molecule has 0 aromatic heterocycles. The monoisotopic (exact) mass is 338 g/mol. The predicted molar refractivity (Wildman–Crippen MR) is 69.5 cm³/mol. The first-order chi connectivity index (χ1) is 9.07. The minimum atomic E-state index is -4.05. The maximum Gasteiger partial charge on any atom is 0.288 e. The second-order valence-corrected chi connectivity index (χ2v) is 8.62. The summed E-state index contributed by atoms with van der Waals surface area (Å²) in [6, 6.07) is 4.26. The molecule has 8 nitrogen and oxygen atoms in total. The lowest BCUT2D eigenvalue weighted by Crippen LogP contribution is -2.14. The average molecular weight is 339 g/mol. The Morgan fingerprint density at radius 1 is 1.25 bits per heavy atom. The Balaban J connectivity index is 3.24. The SMILES string of the molecule is N#Cc1ccc(S(=O)(=O)CCS(=O)(=O)Cl)cc1[N+](=O)[O-]. The number of nitriles is 1. The van der Waals surface area contributed by atoms with Crippen molar-refractivity contribution < 1.29 is 21.8 Å². The van der Waals surface area contributed by atoms with Crippen LogP contribution >= 0.6 is 10.7 Å². The van der Waals surface area contributed by atoms with Crippen LogP contribution in [0.4, 0.5) is 5.69 Å². The summed E-state index contributed by atoms with van der Waals surface area (Å²) in [5.41, 5.74) is -0.957. The molecule has 0 aliphatic rings. The molecule has 0 atom stereocenters. The molecule has 1 aromatic rings. The first-order valence-electron chi connectivity index (χ1n) is 4.90. The molecule has 20 heavy (non-hydrogen) atoms. The van der Waals surface area contributed by atoms with Crippen molar-refractivity contribution in [2.45, 2.75) is 4.90 Å². The van der Waals surface area contributed by atoms with Gasteiger partial charge in [0.2, 0.25) is 9.05 Å². The quantitative estimate of drug-likeness (QED) is 0.440. The van der Waals surface area contributed by atoms with Crippen molar-refractivity contribution in [3.05, 3.63) is 33.9 Å². The van der Waals surface area contributed by atoms with Crippen LogP contribution in [0.2, 0.25) is 0 Å². The summed E-state index contributed by atoms with van der Waals surface area (Å²) in [4.78, 5) is 9.39. The molecule has 0 saturated heterocycles. The summed E-state index contributed by atoms with van der Waals surface area (Å²) in [7, 11) is -3.14. The molecule has 0 aliphatic carbocycles. The molecule has 0 aliphatic heterocycles. The van der Waals surface area contributed by atoms with Gasteiger partial charge in [-0.25, -0.2) is 16.8 Å². The van der Waals surface area contributed by atoms with Crippen molar-refractivity contribution in [3.63, 3.8) is 0 Å². The molecule has 0 N–H and O–H groups in total. The fraction of sp³-hybridized carbons (Fsp3) is 0.222. The smallest absolute Gasteiger partial charge is 0.258 e. The van der Waals surface area contributed by atoms with Gasteiger partial charge in [-0.3, -0.25) is 10.1 Å². The number of sulfone groups is 1. The minimum absolute atomic E-state index is 0.293. The topological polar surface area (TPSA) is 135 Å². The average Bonchev–Trinajstić information content (AvgIpc) is 2.35. The van der Waals surface area contributed by atoms with Crippen molar-refractivity contribution in [2.24, 2.45) is 0 Å². The molecule has 0 saturated carbocycles. The number of rotatable bonds is 5. The third-order valence-electron chi connectivity index (χ3n) is 2.24. The number of benzene rings is 1. The third-order valence-corrected chi connectivity index (χ3v) is 5.37. The molecule has 0 spiro atoms. The van der Waals surface area contributed by atoms with E-state index in [1.165, 1.54) is 0 Å². The van der Waals surface area contributed by atoms with Crippen molar-refractivity contribution in [3.8, 4) is 6.07 Å².